The molecule has 0 radical (unpaired) electrons. The fraction of sp³-hybridized carbons (Fsp3) is 0.462. The lowest BCUT2D eigenvalue weighted by Crippen LogP contribution is -2.32. The molecular weight excluding hydrogens is 298 g/mol. The number of rotatable bonds is 6. The normalized spacial score (nSPS) is 16.7. The second-order valence-corrected chi connectivity index (χ2v) is 7.71. The van der Waals surface area contributed by atoms with Crippen molar-refractivity contribution in [1.82, 2.24) is 4.72 Å². The first-order valence-electron chi connectivity index (χ1n) is 6.16. The van der Waals surface area contributed by atoms with E-state index in [0.717, 1.165) is 12.8 Å². The predicted molar refractivity (Wildman–Crippen MR) is 78.5 cm³/mol. The molecule has 5 nitrogen and oxygen atoms in total. The van der Waals surface area contributed by atoms with Crippen LogP contribution in [0.1, 0.15) is 23.2 Å². The molecule has 1 fully saturated rings. The molecule has 0 unspecified atom stereocenters. The van der Waals surface area contributed by atoms with E-state index in [-0.39, 0.29) is 15.2 Å². The van der Waals surface area contributed by atoms with Crippen LogP contribution in [0.15, 0.2) is 29.2 Å². The smallest absolute Gasteiger partial charge is 0.339 e. The highest BCUT2D eigenvalue weighted by atomic mass is 32.2. The molecule has 0 spiro atoms. The molecule has 1 aromatic carbocycles. The summed E-state index contributed by atoms with van der Waals surface area (Å²) in [5.74, 6) is -0.656. The number of thioether (sulfide) groups is 1. The number of hydrogen-bond donors (Lipinski definition) is 1. The van der Waals surface area contributed by atoms with Crippen LogP contribution in [0.2, 0.25) is 0 Å². The number of esters is 1. The van der Waals surface area contributed by atoms with E-state index >= 15 is 0 Å². The lowest BCUT2D eigenvalue weighted by atomic mass is 10.2. The van der Waals surface area contributed by atoms with E-state index in [2.05, 4.69) is 9.46 Å². The van der Waals surface area contributed by atoms with E-state index in [0.29, 0.717) is 6.54 Å². The van der Waals surface area contributed by atoms with E-state index in [1.54, 1.807) is 23.9 Å². The Bertz CT molecular complexity index is 609. The molecule has 1 aliphatic rings. The molecule has 1 N–H and O–H groups in total. The number of ether oxygens (including phenoxy) is 1. The summed E-state index contributed by atoms with van der Waals surface area (Å²) < 4.78 is 31.9. The predicted octanol–water partition coefficient (Wildman–Crippen LogP) is 1.65. The number of hydrogen-bond acceptors (Lipinski definition) is 5. The summed E-state index contributed by atoms with van der Waals surface area (Å²) in [4.78, 5) is 11.6. The van der Waals surface area contributed by atoms with Gasteiger partial charge in [0.2, 0.25) is 10.0 Å². The summed E-state index contributed by atoms with van der Waals surface area (Å²) in [5, 5.41) is 0. The Balaban J connectivity index is 2.23. The Morgan fingerprint density at radius 2 is 2.05 bits per heavy atom. The standard InChI is InChI=1S/C13H17NO4S2/c1-18-12(15)10-5-3-4-6-11(10)20(16,17)14-9-13(19-2)7-8-13/h3-6,14H,7-9H2,1-2H3. The summed E-state index contributed by atoms with van der Waals surface area (Å²) in [6.45, 7) is 0.381. The molecule has 1 aliphatic carbocycles. The summed E-state index contributed by atoms with van der Waals surface area (Å²) >= 11 is 1.67. The van der Waals surface area contributed by atoms with Gasteiger partial charge in [-0.3, -0.25) is 0 Å². The van der Waals surface area contributed by atoms with Gasteiger partial charge in [-0.25, -0.2) is 17.9 Å². The minimum atomic E-state index is -3.71. The molecule has 0 amide bonds. The van der Waals surface area contributed by atoms with E-state index in [1.165, 1.54) is 19.2 Å². The van der Waals surface area contributed by atoms with Crippen LogP contribution in [-0.4, -0.2) is 39.0 Å². The van der Waals surface area contributed by atoms with Gasteiger partial charge < -0.3 is 4.74 Å². The number of sulfonamides is 1. The third kappa shape index (κ3) is 3.16. The Morgan fingerprint density at radius 3 is 2.60 bits per heavy atom. The Kier molecular flexibility index (Phi) is 4.41. The van der Waals surface area contributed by atoms with Crippen molar-refractivity contribution in [3.05, 3.63) is 29.8 Å². The van der Waals surface area contributed by atoms with Crippen LogP contribution in [0.4, 0.5) is 0 Å². The molecule has 20 heavy (non-hydrogen) atoms. The van der Waals surface area contributed by atoms with E-state index in [4.69, 9.17) is 0 Å². The van der Waals surface area contributed by atoms with Crippen molar-refractivity contribution in [2.24, 2.45) is 0 Å². The minimum Gasteiger partial charge on any atom is -0.465 e. The maximum absolute atomic E-state index is 12.3. The second kappa shape index (κ2) is 5.75. The summed E-state index contributed by atoms with van der Waals surface area (Å²) in [5.41, 5.74) is 0.0523. The number of methoxy groups -OCH3 is 1. The zero-order chi connectivity index (χ0) is 14.8. The van der Waals surface area contributed by atoms with Crippen LogP contribution < -0.4 is 4.72 Å². The Morgan fingerprint density at radius 1 is 1.40 bits per heavy atom. The topological polar surface area (TPSA) is 72.5 Å². The molecule has 2 rings (SSSR count). The number of carbonyl (C=O) groups excluding carboxylic acids is 1. The highest BCUT2D eigenvalue weighted by molar-refractivity contribution is 8.00. The van der Waals surface area contributed by atoms with Crippen LogP contribution >= 0.6 is 11.8 Å². The fourth-order valence-electron chi connectivity index (χ4n) is 1.88. The van der Waals surface area contributed by atoms with Gasteiger partial charge in [-0.1, -0.05) is 12.1 Å². The van der Waals surface area contributed by atoms with Gasteiger partial charge in [0.25, 0.3) is 0 Å². The molecule has 7 heteroatoms. The first-order valence-corrected chi connectivity index (χ1v) is 8.87. The molecule has 0 aliphatic heterocycles. The second-order valence-electron chi connectivity index (χ2n) is 4.70. The quantitative estimate of drug-likeness (QED) is 0.808. The molecule has 1 saturated carbocycles. The van der Waals surface area contributed by atoms with Crippen molar-refractivity contribution in [3.63, 3.8) is 0 Å². The lowest BCUT2D eigenvalue weighted by molar-refractivity contribution is 0.0596. The maximum atomic E-state index is 12.3. The molecule has 1 aromatic rings. The van der Waals surface area contributed by atoms with E-state index < -0.39 is 16.0 Å². The molecular formula is C13H17NO4S2. The highest BCUT2D eigenvalue weighted by Gasteiger charge is 2.42. The molecule has 0 saturated heterocycles. The van der Waals surface area contributed by atoms with E-state index in [1.807, 2.05) is 6.26 Å². The van der Waals surface area contributed by atoms with Crippen molar-refractivity contribution in [2.45, 2.75) is 22.5 Å². The van der Waals surface area contributed by atoms with Gasteiger partial charge in [-0.2, -0.15) is 11.8 Å². The molecule has 0 bridgehead atoms. The number of nitrogens with one attached hydrogen (secondary N) is 1. The molecule has 110 valence electrons. The van der Waals surface area contributed by atoms with Gasteiger partial charge in [0.15, 0.2) is 0 Å². The van der Waals surface area contributed by atoms with Gasteiger partial charge in [0, 0.05) is 11.3 Å². The van der Waals surface area contributed by atoms with Crippen LogP contribution in [0.25, 0.3) is 0 Å². The minimum absolute atomic E-state index is 0.0211. The Labute approximate surface area is 123 Å². The van der Waals surface area contributed by atoms with Crippen molar-refractivity contribution >= 4 is 27.8 Å². The van der Waals surface area contributed by atoms with Crippen molar-refractivity contribution in [2.75, 3.05) is 19.9 Å². The molecule has 0 atom stereocenters. The first-order chi connectivity index (χ1) is 9.44. The third-order valence-corrected chi connectivity index (χ3v) is 6.28. The monoisotopic (exact) mass is 315 g/mol. The molecule has 0 heterocycles. The maximum Gasteiger partial charge on any atom is 0.339 e. The van der Waals surface area contributed by atoms with Crippen LogP contribution in [0.5, 0.6) is 0 Å². The van der Waals surface area contributed by atoms with Gasteiger partial charge >= 0.3 is 5.97 Å². The van der Waals surface area contributed by atoms with Gasteiger partial charge in [0.1, 0.15) is 0 Å². The average Bonchev–Trinajstić information content (AvgIpc) is 3.25. The van der Waals surface area contributed by atoms with Crippen LogP contribution in [0, 0.1) is 0 Å². The van der Waals surface area contributed by atoms with Gasteiger partial charge in [-0.05, 0) is 31.2 Å². The van der Waals surface area contributed by atoms with E-state index in [9.17, 15) is 13.2 Å². The van der Waals surface area contributed by atoms with Crippen LogP contribution in [-0.2, 0) is 14.8 Å². The van der Waals surface area contributed by atoms with Crippen molar-refractivity contribution < 1.29 is 17.9 Å². The zero-order valence-electron chi connectivity index (χ0n) is 11.4. The lowest BCUT2D eigenvalue weighted by Gasteiger charge is -2.14. The van der Waals surface area contributed by atoms with Crippen LogP contribution in [0.3, 0.4) is 0 Å². The summed E-state index contributed by atoms with van der Waals surface area (Å²) in [7, 11) is -2.49. The summed E-state index contributed by atoms with van der Waals surface area (Å²) in [6.07, 6.45) is 3.99. The number of carbonyl (C=O) groups is 1. The Hall–Kier alpha value is -1.05. The van der Waals surface area contributed by atoms with Gasteiger partial charge in [-0.15, -0.1) is 0 Å². The number of benzene rings is 1. The van der Waals surface area contributed by atoms with Crippen molar-refractivity contribution in [3.8, 4) is 0 Å². The third-order valence-electron chi connectivity index (χ3n) is 3.41. The van der Waals surface area contributed by atoms with Crippen molar-refractivity contribution in [1.29, 1.82) is 0 Å². The first kappa shape index (κ1) is 15.3. The highest BCUT2D eigenvalue weighted by Crippen LogP contribution is 2.46. The molecule has 0 aromatic heterocycles. The SMILES string of the molecule is COC(=O)c1ccccc1S(=O)(=O)NCC1(SC)CC1. The fourth-order valence-corrected chi connectivity index (χ4v) is 4.01. The van der Waals surface area contributed by atoms with Gasteiger partial charge in [0.05, 0.1) is 17.6 Å². The zero-order valence-corrected chi connectivity index (χ0v) is 13.0. The summed E-state index contributed by atoms with van der Waals surface area (Å²) in [6, 6.07) is 6.05. The largest absolute Gasteiger partial charge is 0.465 e. The average molecular weight is 315 g/mol.